The van der Waals surface area contributed by atoms with E-state index in [0.29, 0.717) is 12.3 Å². The number of Topliss-reactive ketones (excluding diaryl/α,β-unsaturated/α-hetero) is 1. The number of carbonyl (C=O) groups is 1. The van der Waals surface area contributed by atoms with Crippen LogP contribution in [0.2, 0.25) is 0 Å². The topological polar surface area (TPSA) is 52.9 Å². The third kappa shape index (κ3) is 2.99. The summed E-state index contributed by atoms with van der Waals surface area (Å²) in [5.41, 5.74) is 2.73. The van der Waals surface area contributed by atoms with Gasteiger partial charge in [0.15, 0.2) is 5.78 Å². The van der Waals surface area contributed by atoms with Crippen molar-refractivity contribution in [3.8, 4) is 6.07 Å². The molecule has 1 N–H and O–H groups in total. The molecule has 2 aliphatic carbocycles. The second-order valence-electron chi connectivity index (χ2n) is 7.54. The van der Waals surface area contributed by atoms with E-state index < -0.39 is 0 Å². The summed E-state index contributed by atoms with van der Waals surface area (Å²) < 4.78 is 0. The SMILES string of the molecule is CSC1=C(C#N)[C@@H]([C@H]2CC=CCC2)C2=C(CC(C)(C)CC2=O)N1. The lowest BCUT2D eigenvalue weighted by Gasteiger charge is -2.41. The zero-order valence-electron chi connectivity index (χ0n) is 14.1. The molecule has 0 aromatic heterocycles. The van der Waals surface area contributed by atoms with Gasteiger partial charge >= 0.3 is 0 Å². The first-order valence-electron chi connectivity index (χ1n) is 8.33. The Hall–Kier alpha value is -1.47. The van der Waals surface area contributed by atoms with E-state index in [4.69, 9.17) is 0 Å². The minimum Gasteiger partial charge on any atom is -0.352 e. The fourth-order valence-electron chi connectivity index (χ4n) is 4.17. The van der Waals surface area contributed by atoms with E-state index in [0.717, 1.165) is 47.6 Å². The molecule has 4 heteroatoms. The van der Waals surface area contributed by atoms with Crippen LogP contribution in [0.3, 0.4) is 0 Å². The second kappa shape index (κ2) is 6.20. The van der Waals surface area contributed by atoms with Crippen molar-refractivity contribution in [2.24, 2.45) is 17.3 Å². The highest BCUT2D eigenvalue weighted by molar-refractivity contribution is 8.02. The molecule has 1 aliphatic heterocycles. The van der Waals surface area contributed by atoms with Crippen LogP contribution in [0.15, 0.2) is 34.0 Å². The average molecular weight is 328 g/mol. The number of nitrogens with one attached hydrogen (secondary N) is 1. The Balaban J connectivity index is 2.09. The van der Waals surface area contributed by atoms with Crippen molar-refractivity contribution in [3.05, 3.63) is 34.0 Å². The van der Waals surface area contributed by atoms with Crippen molar-refractivity contribution in [3.63, 3.8) is 0 Å². The van der Waals surface area contributed by atoms with Crippen LogP contribution in [0.4, 0.5) is 0 Å². The van der Waals surface area contributed by atoms with Gasteiger partial charge in [-0.05, 0) is 43.3 Å². The summed E-state index contributed by atoms with van der Waals surface area (Å²) in [7, 11) is 0. The molecule has 3 rings (SSSR count). The van der Waals surface area contributed by atoms with E-state index in [1.807, 2.05) is 6.26 Å². The minimum absolute atomic E-state index is 0.00635. The molecule has 0 saturated carbocycles. The number of nitrogens with zero attached hydrogens (tertiary/aromatic N) is 1. The summed E-state index contributed by atoms with van der Waals surface area (Å²) in [6, 6.07) is 2.41. The summed E-state index contributed by atoms with van der Waals surface area (Å²) >= 11 is 1.59. The Morgan fingerprint density at radius 1 is 1.35 bits per heavy atom. The molecule has 0 aromatic carbocycles. The normalized spacial score (nSPS) is 29.9. The largest absolute Gasteiger partial charge is 0.352 e. The summed E-state index contributed by atoms with van der Waals surface area (Å²) in [5, 5.41) is 14.1. The van der Waals surface area contributed by atoms with Gasteiger partial charge in [-0.2, -0.15) is 5.26 Å². The zero-order chi connectivity index (χ0) is 16.6. The first-order chi connectivity index (χ1) is 11.0. The molecular weight excluding hydrogens is 304 g/mol. The fraction of sp³-hybridized carbons (Fsp3) is 0.579. The molecule has 0 bridgehead atoms. The van der Waals surface area contributed by atoms with E-state index in [9.17, 15) is 10.1 Å². The van der Waals surface area contributed by atoms with Crippen molar-refractivity contribution in [2.45, 2.75) is 46.0 Å². The maximum atomic E-state index is 12.9. The van der Waals surface area contributed by atoms with Crippen LogP contribution in [-0.4, -0.2) is 12.0 Å². The van der Waals surface area contributed by atoms with Crippen molar-refractivity contribution in [1.29, 1.82) is 5.26 Å². The van der Waals surface area contributed by atoms with Crippen LogP contribution in [0.25, 0.3) is 0 Å². The van der Waals surface area contributed by atoms with Crippen molar-refractivity contribution in [2.75, 3.05) is 6.26 Å². The Bertz CT molecular complexity index is 663. The second-order valence-corrected chi connectivity index (χ2v) is 8.36. The quantitative estimate of drug-likeness (QED) is 0.768. The molecule has 0 fully saturated rings. The third-order valence-electron chi connectivity index (χ3n) is 5.16. The maximum Gasteiger partial charge on any atom is 0.161 e. The number of hydrogen-bond acceptors (Lipinski definition) is 4. The summed E-state index contributed by atoms with van der Waals surface area (Å²) in [6.45, 7) is 4.30. The molecule has 0 saturated heterocycles. The number of allylic oxidation sites excluding steroid dienone is 5. The number of thioether (sulfide) groups is 1. The number of nitriles is 1. The lowest BCUT2D eigenvalue weighted by atomic mass is 9.66. The summed E-state index contributed by atoms with van der Waals surface area (Å²) in [5.74, 6) is 0.581. The van der Waals surface area contributed by atoms with E-state index in [2.05, 4.69) is 37.4 Å². The molecule has 122 valence electrons. The Labute approximate surface area is 142 Å². The third-order valence-corrected chi connectivity index (χ3v) is 5.89. The van der Waals surface area contributed by atoms with Gasteiger partial charge in [-0.15, -0.1) is 11.8 Å². The molecule has 0 spiro atoms. The van der Waals surface area contributed by atoms with Gasteiger partial charge in [0.1, 0.15) is 0 Å². The summed E-state index contributed by atoms with van der Waals surface area (Å²) in [6.07, 6.45) is 11.0. The molecule has 2 atom stereocenters. The Kier molecular flexibility index (Phi) is 4.42. The highest BCUT2D eigenvalue weighted by Crippen LogP contribution is 2.48. The average Bonchev–Trinajstić information content (AvgIpc) is 2.52. The van der Waals surface area contributed by atoms with Crippen LogP contribution in [-0.2, 0) is 4.79 Å². The van der Waals surface area contributed by atoms with Crippen molar-refractivity contribution in [1.82, 2.24) is 5.32 Å². The van der Waals surface area contributed by atoms with Crippen LogP contribution < -0.4 is 5.32 Å². The molecule has 3 nitrogen and oxygen atoms in total. The van der Waals surface area contributed by atoms with Crippen LogP contribution in [0, 0.1) is 28.6 Å². The Morgan fingerprint density at radius 3 is 2.74 bits per heavy atom. The van der Waals surface area contributed by atoms with Gasteiger partial charge in [0.05, 0.1) is 16.7 Å². The van der Waals surface area contributed by atoms with Gasteiger partial charge in [-0.25, -0.2) is 0 Å². The first-order valence-corrected chi connectivity index (χ1v) is 9.56. The molecule has 0 unspecified atom stereocenters. The molecule has 1 heterocycles. The van der Waals surface area contributed by atoms with E-state index in [-0.39, 0.29) is 17.1 Å². The van der Waals surface area contributed by atoms with Gasteiger partial charge in [0, 0.05) is 23.6 Å². The highest BCUT2D eigenvalue weighted by atomic mass is 32.2. The van der Waals surface area contributed by atoms with E-state index in [1.165, 1.54) is 0 Å². The highest BCUT2D eigenvalue weighted by Gasteiger charge is 2.43. The standard InChI is InChI=1S/C19H24N2OS/c1-19(2)9-14-17(15(22)10-19)16(12-7-5-4-6-8-12)13(11-20)18(21-14)23-3/h4-5,12,16,21H,6-10H2,1-3H3/t12-,16+/m0/s1. The number of rotatable bonds is 2. The van der Waals surface area contributed by atoms with Gasteiger partial charge in [0.2, 0.25) is 0 Å². The smallest absolute Gasteiger partial charge is 0.161 e. The number of hydrogen-bond donors (Lipinski definition) is 1. The predicted octanol–water partition coefficient (Wildman–Crippen LogP) is 4.30. The molecule has 23 heavy (non-hydrogen) atoms. The molecule has 0 aromatic rings. The van der Waals surface area contributed by atoms with Crippen LogP contribution in [0.1, 0.15) is 46.0 Å². The number of ketones is 1. The lowest BCUT2D eigenvalue weighted by Crippen LogP contribution is -2.39. The van der Waals surface area contributed by atoms with Crippen molar-refractivity contribution < 1.29 is 4.79 Å². The summed E-state index contributed by atoms with van der Waals surface area (Å²) in [4.78, 5) is 12.9. The van der Waals surface area contributed by atoms with Crippen LogP contribution in [0.5, 0.6) is 0 Å². The minimum atomic E-state index is -0.0211. The fourth-order valence-corrected chi connectivity index (χ4v) is 4.79. The zero-order valence-corrected chi connectivity index (χ0v) is 14.9. The monoisotopic (exact) mass is 328 g/mol. The van der Waals surface area contributed by atoms with Crippen LogP contribution >= 0.6 is 11.8 Å². The van der Waals surface area contributed by atoms with Gasteiger partial charge < -0.3 is 5.32 Å². The molecule has 0 radical (unpaired) electrons. The number of dihydropyridines is 1. The van der Waals surface area contributed by atoms with E-state index >= 15 is 0 Å². The molecule has 3 aliphatic rings. The Morgan fingerprint density at radius 2 is 2.13 bits per heavy atom. The van der Waals surface area contributed by atoms with E-state index in [1.54, 1.807) is 11.8 Å². The van der Waals surface area contributed by atoms with Gasteiger partial charge in [0.25, 0.3) is 0 Å². The maximum absolute atomic E-state index is 12.9. The molecule has 0 amide bonds. The van der Waals surface area contributed by atoms with Gasteiger partial charge in [-0.1, -0.05) is 26.0 Å². The first kappa shape index (κ1) is 16.4. The van der Waals surface area contributed by atoms with Gasteiger partial charge in [-0.3, -0.25) is 4.79 Å². The van der Waals surface area contributed by atoms with Crippen molar-refractivity contribution >= 4 is 17.5 Å². The lowest BCUT2D eigenvalue weighted by molar-refractivity contribution is -0.118. The number of carbonyl (C=O) groups excluding carboxylic acids is 1. The molecular formula is C19H24N2OS. The predicted molar refractivity (Wildman–Crippen MR) is 94.3 cm³/mol.